The number of ether oxygens (including phenoxy) is 1. The Balaban J connectivity index is 2.03. The van der Waals surface area contributed by atoms with E-state index in [1.807, 2.05) is 18.2 Å². The maximum Gasteiger partial charge on any atom is 0.135 e. The number of rotatable bonds is 2. The molecule has 1 N–H and O–H groups in total. The molecule has 2 heterocycles. The number of nitrogens with one attached hydrogen (secondary N) is 1. The SMILES string of the molecule is COc1ccc2oc(C3=CCNCC3)cc2c1. The van der Waals surface area contributed by atoms with Gasteiger partial charge >= 0.3 is 0 Å². The van der Waals surface area contributed by atoms with Gasteiger partial charge in [-0.1, -0.05) is 6.08 Å². The van der Waals surface area contributed by atoms with Crippen LogP contribution in [0.5, 0.6) is 5.75 Å². The fourth-order valence-corrected chi connectivity index (χ4v) is 2.15. The number of fused-ring (bicyclic) bond motifs is 1. The quantitative estimate of drug-likeness (QED) is 0.859. The number of methoxy groups -OCH3 is 1. The Morgan fingerprint density at radius 2 is 2.24 bits per heavy atom. The molecule has 0 atom stereocenters. The van der Waals surface area contributed by atoms with Crippen molar-refractivity contribution in [2.75, 3.05) is 20.2 Å². The van der Waals surface area contributed by atoms with E-state index < -0.39 is 0 Å². The van der Waals surface area contributed by atoms with Crippen LogP contribution in [0.25, 0.3) is 16.5 Å². The van der Waals surface area contributed by atoms with E-state index in [1.54, 1.807) is 7.11 Å². The zero-order valence-corrected chi connectivity index (χ0v) is 9.82. The molecule has 0 radical (unpaired) electrons. The number of furan rings is 1. The van der Waals surface area contributed by atoms with Crippen LogP contribution in [0.15, 0.2) is 34.8 Å². The average molecular weight is 229 g/mol. The van der Waals surface area contributed by atoms with Gasteiger partial charge in [0.1, 0.15) is 17.1 Å². The average Bonchev–Trinajstić information content (AvgIpc) is 2.82. The second-order valence-corrected chi connectivity index (χ2v) is 4.20. The Labute approximate surface area is 100 Å². The van der Waals surface area contributed by atoms with Crippen molar-refractivity contribution in [2.24, 2.45) is 0 Å². The normalized spacial score (nSPS) is 15.9. The Morgan fingerprint density at radius 1 is 1.29 bits per heavy atom. The van der Waals surface area contributed by atoms with Gasteiger partial charge in [-0.2, -0.15) is 0 Å². The summed E-state index contributed by atoms with van der Waals surface area (Å²) in [6.45, 7) is 1.95. The van der Waals surface area contributed by atoms with E-state index in [0.29, 0.717) is 0 Å². The molecule has 0 amide bonds. The number of benzene rings is 1. The molecular weight excluding hydrogens is 214 g/mol. The number of hydrogen-bond acceptors (Lipinski definition) is 3. The van der Waals surface area contributed by atoms with Gasteiger partial charge < -0.3 is 14.5 Å². The molecule has 1 aromatic heterocycles. The van der Waals surface area contributed by atoms with Crippen molar-refractivity contribution >= 4 is 16.5 Å². The molecule has 0 fully saturated rings. The highest BCUT2D eigenvalue weighted by molar-refractivity contribution is 5.83. The molecule has 0 unspecified atom stereocenters. The molecule has 1 aliphatic rings. The summed E-state index contributed by atoms with van der Waals surface area (Å²) in [5, 5.41) is 4.39. The zero-order chi connectivity index (χ0) is 11.7. The predicted molar refractivity (Wildman–Crippen MR) is 68.2 cm³/mol. The molecule has 1 aromatic carbocycles. The van der Waals surface area contributed by atoms with E-state index in [1.165, 1.54) is 5.57 Å². The summed E-state index contributed by atoms with van der Waals surface area (Å²) >= 11 is 0. The first kappa shape index (κ1) is 10.4. The van der Waals surface area contributed by atoms with E-state index in [9.17, 15) is 0 Å². The van der Waals surface area contributed by atoms with Gasteiger partial charge in [-0.3, -0.25) is 0 Å². The molecule has 0 aliphatic carbocycles. The first-order valence-corrected chi connectivity index (χ1v) is 5.84. The van der Waals surface area contributed by atoms with Gasteiger partial charge in [0.25, 0.3) is 0 Å². The maximum absolute atomic E-state index is 5.86. The van der Waals surface area contributed by atoms with Gasteiger partial charge in [0.05, 0.1) is 7.11 Å². The summed E-state index contributed by atoms with van der Waals surface area (Å²) in [5.74, 6) is 1.85. The number of hydrogen-bond donors (Lipinski definition) is 1. The van der Waals surface area contributed by atoms with Crippen LogP contribution in [0, 0.1) is 0 Å². The van der Waals surface area contributed by atoms with Gasteiger partial charge in [-0.15, -0.1) is 0 Å². The van der Waals surface area contributed by atoms with E-state index in [2.05, 4.69) is 17.5 Å². The third-order valence-electron chi connectivity index (χ3n) is 3.10. The van der Waals surface area contributed by atoms with Crippen LogP contribution in [0.4, 0.5) is 0 Å². The first-order valence-electron chi connectivity index (χ1n) is 5.84. The molecule has 1 aliphatic heterocycles. The van der Waals surface area contributed by atoms with Crippen LogP contribution in [0.3, 0.4) is 0 Å². The Kier molecular flexibility index (Phi) is 2.61. The van der Waals surface area contributed by atoms with Crippen molar-refractivity contribution in [2.45, 2.75) is 6.42 Å². The lowest BCUT2D eigenvalue weighted by Crippen LogP contribution is -2.19. The molecule has 2 aromatic rings. The van der Waals surface area contributed by atoms with E-state index in [4.69, 9.17) is 9.15 Å². The van der Waals surface area contributed by atoms with Crippen molar-refractivity contribution in [3.63, 3.8) is 0 Å². The maximum atomic E-state index is 5.86. The highest BCUT2D eigenvalue weighted by Gasteiger charge is 2.11. The highest BCUT2D eigenvalue weighted by Crippen LogP contribution is 2.29. The summed E-state index contributed by atoms with van der Waals surface area (Å²) < 4.78 is 11.1. The van der Waals surface area contributed by atoms with E-state index >= 15 is 0 Å². The second kappa shape index (κ2) is 4.26. The van der Waals surface area contributed by atoms with Crippen molar-refractivity contribution in [1.82, 2.24) is 5.32 Å². The highest BCUT2D eigenvalue weighted by atomic mass is 16.5. The van der Waals surface area contributed by atoms with Crippen molar-refractivity contribution < 1.29 is 9.15 Å². The lowest BCUT2D eigenvalue weighted by molar-refractivity contribution is 0.415. The van der Waals surface area contributed by atoms with Crippen LogP contribution in [-0.2, 0) is 0 Å². The fourth-order valence-electron chi connectivity index (χ4n) is 2.15. The van der Waals surface area contributed by atoms with Crippen molar-refractivity contribution in [3.8, 4) is 5.75 Å². The second-order valence-electron chi connectivity index (χ2n) is 4.20. The summed E-state index contributed by atoms with van der Waals surface area (Å²) in [7, 11) is 1.68. The van der Waals surface area contributed by atoms with E-state index in [0.717, 1.165) is 42.0 Å². The lowest BCUT2D eigenvalue weighted by atomic mass is 10.1. The molecule has 3 nitrogen and oxygen atoms in total. The lowest BCUT2D eigenvalue weighted by Gasteiger charge is -2.11. The van der Waals surface area contributed by atoms with Gasteiger partial charge in [-0.05, 0) is 42.8 Å². The monoisotopic (exact) mass is 229 g/mol. The standard InChI is InChI=1S/C14H15NO2/c1-16-12-2-3-13-11(8-12)9-14(17-13)10-4-6-15-7-5-10/h2-4,8-9,15H,5-7H2,1H3. The minimum atomic E-state index is 0.865. The largest absolute Gasteiger partial charge is 0.497 e. The van der Waals surface area contributed by atoms with Crippen LogP contribution >= 0.6 is 0 Å². The van der Waals surface area contributed by atoms with Crippen LogP contribution in [-0.4, -0.2) is 20.2 Å². The third kappa shape index (κ3) is 1.94. The summed E-state index contributed by atoms with van der Waals surface area (Å²) in [4.78, 5) is 0. The molecule has 0 saturated carbocycles. The topological polar surface area (TPSA) is 34.4 Å². The van der Waals surface area contributed by atoms with Crippen LogP contribution in [0.1, 0.15) is 12.2 Å². The van der Waals surface area contributed by atoms with Crippen LogP contribution < -0.4 is 10.1 Å². The summed E-state index contributed by atoms with van der Waals surface area (Å²) in [6, 6.07) is 7.98. The minimum absolute atomic E-state index is 0.865. The minimum Gasteiger partial charge on any atom is -0.497 e. The Bertz CT molecular complexity index is 569. The third-order valence-corrected chi connectivity index (χ3v) is 3.10. The molecule has 17 heavy (non-hydrogen) atoms. The van der Waals surface area contributed by atoms with Gasteiger partial charge in [0.15, 0.2) is 0 Å². The van der Waals surface area contributed by atoms with Crippen molar-refractivity contribution in [3.05, 3.63) is 36.1 Å². The first-order chi connectivity index (χ1) is 8.36. The zero-order valence-electron chi connectivity index (χ0n) is 9.82. The molecular formula is C14H15NO2. The van der Waals surface area contributed by atoms with Gasteiger partial charge in [0.2, 0.25) is 0 Å². The predicted octanol–water partition coefficient (Wildman–Crippen LogP) is 2.82. The smallest absolute Gasteiger partial charge is 0.135 e. The van der Waals surface area contributed by atoms with E-state index in [-0.39, 0.29) is 0 Å². The molecule has 0 bridgehead atoms. The van der Waals surface area contributed by atoms with Gasteiger partial charge in [-0.25, -0.2) is 0 Å². The molecule has 3 rings (SSSR count). The summed E-state index contributed by atoms with van der Waals surface area (Å²) in [6.07, 6.45) is 3.22. The molecule has 0 spiro atoms. The Hall–Kier alpha value is -1.74. The fraction of sp³-hybridized carbons (Fsp3) is 0.286. The molecule has 3 heteroatoms. The summed E-state index contributed by atoms with van der Waals surface area (Å²) in [5.41, 5.74) is 2.21. The molecule has 88 valence electrons. The Morgan fingerprint density at radius 3 is 3.00 bits per heavy atom. The van der Waals surface area contributed by atoms with Crippen molar-refractivity contribution in [1.29, 1.82) is 0 Å². The van der Waals surface area contributed by atoms with Crippen LogP contribution in [0.2, 0.25) is 0 Å². The van der Waals surface area contributed by atoms with Gasteiger partial charge in [0, 0.05) is 11.9 Å². The molecule has 0 saturated heterocycles.